The van der Waals surface area contributed by atoms with Crippen LogP contribution in [0.5, 0.6) is 11.5 Å². The van der Waals surface area contributed by atoms with Gasteiger partial charge in [-0.3, -0.25) is 0 Å². The van der Waals surface area contributed by atoms with E-state index in [0.717, 1.165) is 25.0 Å². The Morgan fingerprint density at radius 1 is 0.958 bits per heavy atom. The summed E-state index contributed by atoms with van der Waals surface area (Å²) in [6, 6.07) is 14.8. The van der Waals surface area contributed by atoms with Crippen molar-refractivity contribution in [3.63, 3.8) is 0 Å². The topological polar surface area (TPSA) is 35.5 Å². The van der Waals surface area contributed by atoms with E-state index in [-0.39, 0.29) is 5.97 Å². The van der Waals surface area contributed by atoms with Crippen molar-refractivity contribution in [2.45, 2.75) is 46.0 Å². The van der Waals surface area contributed by atoms with Crippen LogP contribution in [0.25, 0.3) is 0 Å². The molecule has 0 spiro atoms. The number of hydrogen-bond acceptors (Lipinski definition) is 3. The molecule has 1 unspecified atom stereocenters. The lowest BCUT2D eigenvalue weighted by Crippen LogP contribution is -2.08. The molecule has 0 heterocycles. The molecule has 0 radical (unpaired) electrons. The molecule has 0 amide bonds. The Balaban J connectivity index is 1.94. The first-order valence-electron chi connectivity index (χ1n) is 8.69. The molecule has 0 saturated carbocycles. The molecule has 24 heavy (non-hydrogen) atoms. The Bertz CT molecular complexity index is 629. The van der Waals surface area contributed by atoms with E-state index in [1.807, 2.05) is 36.4 Å². The number of rotatable bonds is 8. The van der Waals surface area contributed by atoms with Gasteiger partial charge in [0.1, 0.15) is 11.5 Å². The van der Waals surface area contributed by atoms with Crippen LogP contribution in [0.1, 0.15) is 61.9 Å². The predicted molar refractivity (Wildman–Crippen MR) is 97.0 cm³/mol. The number of hydrogen-bond donors (Lipinski definition) is 0. The summed E-state index contributed by atoms with van der Waals surface area (Å²) in [5, 5.41) is 0. The molecule has 3 heteroatoms. The number of ether oxygens (including phenoxy) is 2. The number of carbonyl (C=O) groups is 1. The Hall–Kier alpha value is -2.29. The first-order valence-corrected chi connectivity index (χ1v) is 8.69. The molecule has 128 valence electrons. The highest BCUT2D eigenvalue weighted by Gasteiger charge is 2.10. The van der Waals surface area contributed by atoms with Crippen LogP contribution >= 0.6 is 0 Å². The van der Waals surface area contributed by atoms with Crippen molar-refractivity contribution >= 4 is 5.97 Å². The molecule has 0 aliphatic heterocycles. The molecule has 0 fully saturated rings. The van der Waals surface area contributed by atoms with E-state index >= 15 is 0 Å². The van der Waals surface area contributed by atoms with Gasteiger partial charge in [0.2, 0.25) is 0 Å². The fourth-order valence-electron chi connectivity index (χ4n) is 2.29. The van der Waals surface area contributed by atoms with Gasteiger partial charge in [0, 0.05) is 0 Å². The second-order valence-electron chi connectivity index (χ2n) is 5.99. The predicted octanol–water partition coefficient (Wildman–Crippen LogP) is 5.60. The normalized spacial score (nSPS) is 11.8. The van der Waals surface area contributed by atoms with Crippen molar-refractivity contribution in [3.8, 4) is 11.5 Å². The molecule has 0 bridgehead atoms. The molecular weight excluding hydrogens is 300 g/mol. The Labute approximate surface area is 144 Å². The van der Waals surface area contributed by atoms with Gasteiger partial charge in [0.25, 0.3) is 0 Å². The first-order chi connectivity index (χ1) is 11.6. The fraction of sp³-hybridized carbons (Fsp3) is 0.381. The zero-order chi connectivity index (χ0) is 17.4. The lowest BCUT2D eigenvalue weighted by Gasteiger charge is -2.10. The average Bonchev–Trinajstić information content (AvgIpc) is 2.63. The summed E-state index contributed by atoms with van der Waals surface area (Å²) in [7, 11) is 0. The fourth-order valence-corrected chi connectivity index (χ4v) is 2.29. The molecule has 0 N–H and O–H groups in total. The van der Waals surface area contributed by atoms with Crippen LogP contribution in [0.15, 0.2) is 48.5 Å². The molecule has 2 rings (SSSR count). The van der Waals surface area contributed by atoms with Gasteiger partial charge >= 0.3 is 5.97 Å². The third-order valence-corrected chi connectivity index (χ3v) is 4.13. The first kappa shape index (κ1) is 18.1. The van der Waals surface area contributed by atoms with Crippen molar-refractivity contribution in [1.29, 1.82) is 0 Å². The van der Waals surface area contributed by atoms with Crippen LogP contribution in [0.2, 0.25) is 0 Å². The summed E-state index contributed by atoms with van der Waals surface area (Å²) in [5.74, 6) is 1.47. The lowest BCUT2D eigenvalue weighted by molar-refractivity contribution is 0.0734. The Morgan fingerprint density at radius 3 is 2.17 bits per heavy atom. The summed E-state index contributed by atoms with van der Waals surface area (Å²) in [4.78, 5) is 12.2. The molecule has 3 nitrogen and oxygen atoms in total. The van der Waals surface area contributed by atoms with Gasteiger partial charge in [-0.25, -0.2) is 4.79 Å². The molecule has 2 aromatic rings. The smallest absolute Gasteiger partial charge is 0.343 e. The monoisotopic (exact) mass is 326 g/mol. The van der Waals surface area contributed by atoms with Crippen LogP contribution in [0.3, 0.4) is 0 Å². The molecule has 1 atom stereocenters. The summed E-state index contributed by atoms with van der Waals surface area (Å²) in [6.45, 7) is 7.17. The summed E-state index contributed by atoms with van der Waals surface area (Å²) >= 11 is 0. The maximum atomic E-state index is 12.2. The van der Waals surface area contributed by atoms with E-state index in [4.69, 9.17) is 9.47 Å². The highest BCUT2D eigenvalue weighted by Crippen LogP contribution is 2.21. The Morgan fingerprint density at radius 2 is 1.58 bits per heavy atom. The second-order valence-corrected chi connectivity index (χ2v) is 5.99. The van der Waals surface area contributed by atoms with Gasteiger partial charge in [0.05, 0.1) is 12.2 Å². The molecule has 0 aromatic heterocycles. The van der Waals surface area contributed by atoms with E-state index in [1.54, 1.807) is 12.1 Å². The van der Waals surface area contributed by atoms with Crippen molar-refractivity contribution in [2.75, 3.05) is 6.61 Å². The van der Waals surface area contributed by atoms with E-state index in [1.165, 1.54) is 5.56 Å². The van der Waals surface area contributed by atoms with Gasteiger partial charge in [-0.1, -0.05) is 39.3 Å². The number of benzene rings is 2. The van der Waals surface area contributed by atoms with Gasteiger partial charge in [-0.2, -0.15) is 0 Å². The third-order valence-electron chi connectivity index (χ3n) is 4.13. The molecule has 0 saturated heterocycles. The Kier molecular flexibility index (Phi) is 6.86. The molecular formula is C21H26O3. The van der Waals surface area contributed by atoms with E-state index in [9.17, 15) is 4.79 Å². The second kappa shape index (κ2) is 9.11. The van der Waals surface area contributed by atoms with Crippen LogP contribution in [0, 0.1) is 0 Å². The SMILES string of the molecule is CCCCOc1ccc(OC(=O)c2ccc(C(C)CC)cc2)cc1. The van der Waals surface area contributed by atoms with Gasteiger partial charge in [-0.15, -0.1) is 0 Å². The van der Waals surface area contributed by atoms with Gasteiger partial charge in [-0.05, 0) is 60.7 Å². The zero-order valence-electron chi connectivity index (χ0n) is 14.7. The standard InChI is InChI=1S/C21H26O3/c1-4-6-15-23-19-11-13-20(14-12-19)24-21(22)18-9-7-17(8-10-18)16(3)5-2/h7-14,16H,4-6,15H2,1-3H3. The van der Waals surface area contributed by atoms with Crippen molar-refractivity contribution in [3.05, 3.63) is 59.7 Å². The minimum atomic E-state index is -0.342. The van der Waals surface area contributed by atoms with Gasteiger partial charge in [0.15, 0.2) is 0 Å². The quantitative estimate of drug-likeness (QED) is 0.360. The minimum Gasteiger partial charge on any atom is -0.494 e. The number of carbonyl (C=O) groups excluding carboxylic acids is 1. The zero-order valence-corrected chi connectivity index (χ0v) is 14.7. The number of unbranched alkanes of at least 4 members (excludes halogenated alkanes) is 1. The van der Waals surface area contributed by atoms with Crippen LogP contribution in [-0.4, -0.2) is 12.6 Å². The molecule has 0 aliphatic carbocycles. The van der Waals surface area contributed by atoms with E-state index < -0.39 is 0 Å². The van der Waals surface area contributed by atoms with Crippen LogP contribution in [0.4, 0.5) is 0 Å². The van der Waals surface area contributed by atoms with E-state index in [0.29, 0.717) is 23.8 Å². The summed E-state index contributed by atoms with van der Waals surface area (Å²) < 4.78 is 11.0. The third kappa shape index (κ3) is 5.12. The van der Waals surface area contributed by atoms with Crippen molar-refractivity contribution in [2.24, 2.45) is 0 Å². The summed E-state index contributed by atoms with van der Waals surface area (Å²) in [6.07, 6.45) is 3.21. The minimum absolute atomic E-state index is 0.342. The van der Waals surface area contributed by atoms with E-state index in [2.05, 4.69) is 20.8 Å². The highest BCUT2D eigenvalue weighted by molar-refractivity contribution is 5.91. The average molecular weight is 326 g/mol. The van der Waals surface area contributed by atoms with Crippen LogP contribution < -0.4 is 9.47 Å². The van der Waals surface area contributed by atoms with Crippen LogP contribution in [-0.2, 0) is 0 Å². The van der Waals surface area contributed by atoms with Crippen molar-refractivity contribution in [1.82, 2.24) is 0 Å². The van der Waals surface area contributed by atoms with Crippen molar-refractivity contribution < 1.29 is 14.3 Å². The lowest BCUT2D eigenvalue weighted by atomic mass is 9.98. The maximum Gasteiger partial charge on any atom is 0.343 e. The highest BCUT2D eigenvalue weighted by atomic mass is 16.5. The largest absolute Gasteiger partial charge is 0.494 e. The number of esters is 1. The molecule has 0 aliphatic rings. The maximum absolute atomic E-state index is 12.2. The molecule has 2 aromatic carbocycles. The summed E-state index contributed by atoms with van der Waals surface area (Å²) in [5.41, 5.74) is 1.80. The van der Waals surface area contributed by atoms with Gasteiger partial charge < -0.3 is 9.47 Å².